The van der Waals surface area contributed by atoms with Gasteiger partial charge in [-0.15, -0.1) is 0 Å². The summed E-state index contributed by atoms with van der Waals surface area (Å²) in [6.45, 7) is 0.310. The number of hydrogen-bond donors (Lipinski definition) is 0. The van der Waals surface area contributed by atoms with Crippen LogP contribution in [0.4, 0.5) is 33.3 Å². The number of hydrogen-bond acceptors (Lipinski definition) is 3. The zero-order chi connectivity index (χ0) is 17.1. The first-order valence-electron chi connectivity index (χ1n) is 6.16. The van der Waals surface area contributed by atoms with Crippen LogP contribution in [0.5, 0.6) is 0 Å². The van der Waals surface area contributed by atoms with Gasteiger partial charge in [-0.25, -0.2) is 0 Å². The Morgan fingerprint density at radius 1 is 1.27 bits per heavy atom. The molecule has 0 atom stereocenters. The average molecular weight is 321 g/mol. The van der Waals surface area contributed by atoms with Gasteiger partial charge in [0.05, 0.1) is 24.1 Å². The van der Waals surface area contributed by atoms with Crippen LogP contribution in [0.1, 0.15) is 6.92 Å². The van der Waals surface area contributed by atoms with E-state index in [4.69, 9.17) is 7.85 Å². The van der Waals surface area contributed by atoms with Gasteiger partial charge in [-0.05, 0) is 18.6 Å². The van der Waals surface area contributed by atoms with Crippen molar-refractivity contribution in [1.82, 2.24) is 4.98 Å². The van der Waals surface area contributed by atoms with Crippen LogP contribution in [0.3, 0.4) is 0 Å². The lowest BCUT2D eigenvalue weighted by molar-refractivity contribution is -0.276. The number of alkyl halides is 5. The summed E-state index contributed by atoms with van der Waals surface area (Å²) in [5.41, 5.74) is 0.0880. The minimum absolute atomic E-state index is 0.0486. The van der Waals surface area contributed by atoms with Gasteiger partial charge in [0, 0.05) is 13.6 Å². The number of carbonyl (C=O) groups excluding carboxylic acids is 1. The fraction of sp³-hybridized carbons (Fsp3) is 0.500. The zero-order valence-electron chi connectivity index (χ0n) is 11.9. The number of amides is 1. The third kappa shape index (κ3) is 3.86. The van der Waals surface area contributed by atoms with Gasteiger partial charge in [0.25, 0.3) is 0 Å². The van der Waals surface area contributed by atoms with E-state index < -0.39 is 18.6 Å². The average Bonchev–Trinajstić information content (AvgIpc) is 2.42. The Balaban J connectivity index is 3.24. The summed E-state index contributed by atoms with van der Waals surface area (Å²) in [6, 6.07) is 1.29. The maximum absolute atomic E-state index is 13.2. The Bertz CT molecular complexity index is 538. The Morgan fingerprint density at radius 2 is 1.86 bits per heavy atom. The predicted octanol–water partition coefficient (Wildman–Crippen LogP) is 1.49. The van der Waals surface area contributed by atoms with Crippen molar-refractivity contribution in [1.29, 1.82) is 0 Å². The first kappa shape index (κ1) is 18.2. The Kier molecular flexibility index (Phi) is 5.37. The molecule has 1 amide bonds. The van der Waals surface area contributed by atoms with Crippen molar-refractivity contribution in [3.63, 3.8) is 0 Å². The highest BCUT2D eigenvalue weighted by Crippen LogP contribution is 2.37. The molecule has 1 heterocycles. The molecule has 0 saturated heterocycles. The number of pyridine rings is 1. The molecule has 1 aromatic heterocycles. The summed E-state index contributed by atoms with van der Waals surface area (Å²) < 4.78 is 63.2. The summed E-state index contributed by atoms with van der Waals surface area (Å²) in [5.74, 6) is -5.04. The van der Waals surface area contributed by atoms with E-state index in [2.05, 4.69) is 4.98 Å². The molecule has 0 fully saturated rings. The molecule has 0 aliphatic carbocycles. The molecule has 0 N–H and O–H groups in total. The van der Waals surface area contributed by atoms with Crippen LogP contribution in [-0.4, -0.2) is 51.5 Å². The Morgan fingerprint density at radius 3 is 2.32 bits per heavy atom. The molecule has 120 valence electrons. The second-order valence-electron chi connectivity index (χ2n) is 4.55. The third-order valence-electron chi connectivity index (χ3n) is 2.99. The molecule has 0 aromatic carbocycles. The van der Waals surface area contributed by atoms with E-state index in [9.17, 15) is 26.7 Å². The normalized spacial score (nSPS) is 12.1. The molecule has 0 saturated carbocycles. The minimum Gasteiger partial charge on any atom is -0.373 e. The van der Waals surface area contributed by atoms with Crippen LogP contribution < -0.4 is 15.4 Å². The summed E-state index contributed by atoms with van der Waals surface area (Å²) in [5, 5.41) is 0. The highest BCUT2D eigenvalue weighted by Gasteiger charge is 2.58. The fourth-order valence-electron chi connectivity index (χ4n) is 1.63. The SMILES string of the molecule is [B]c1cc(N(C)CC)c(N(C=O)CC(F)(F)C(F)(F)F)cn1. The molecule has 22 heavy (non-hydrogen) atoms. The topological polar surface area (TPSA) is 36.4 Å². The van der Waals surface area contributed by atoms with Gasteiger partial charge in [0.2, 0.25) is 6.41 Å². The van der Waals surface area contributed by atoms with Gasteiger partial charge < -0.3 is 9.80 Å². The number of carbonyl (C=O) groups is 1. The second-order valence-corrected chi connectivity index (χ2v) is 4.55. The number of aromatic nitrogens is 1. The molecule has 0 spiro atoms. The van der Waals surface area contributed by atoms with E-state index in [1.807, 2.05) is 0 Å². The largest absolute Gasteiger partial charge is 0.455 e. The van der Waals surface area contributed by atoms with Crippen molar-refractivity contribution >= 4 is 31.2 Å². The van der Waals surface area contributed by atoms with Gasteiger partial charge in [-0.2, -0.15) is 22.0 Å². The summed E-state index contributed by atoms with van der Waals surface area (Å²) in [4.78, 5) is 16.5. The summed E-state index contributed by atoms with van der Waals surface area (Å²) in [7, 11) is 7.06. The van der Waals surface area contributed by atoms with E-state index in [0.29, 0.717) is 6.54 Å². The van der Waals surface area contributed by atoms with E-state index in [-0.39, 0.29) is 28.3 Å². The lowest BCUT2D eigenvalue weighted by Crippen LogP contribution is -2.47. The monoisotopic (exact) mass is 321 g/mol. The van der Waals surface area contributed by atoms with E-state index >= 15 is 0 Å². The van der Waals surface area contributed by atoms with Crippen molar-refractivity contribution in [2.75, 3.05) is 29.9 Å². The van der Waals surface area contributed by atoms with Crippen molar-refractivity contribution in [3.05, 3.63) is 12.3 Å². The molecule has 0 unspecified atom stereocenters. The van der Waals surface area contributed by atoms with Crippen molar-refractivity contribution in [3.8, 4) is 0 Å². The van der Waals surface area contributed by atoms with Gasteiger partial charge in [-0.1, -0.05) is 0 Å². The molecule has 0 aliphatic rings. The Hall–Kier alpha value is -1.87. The maximum Gasteiger partial charge on any atom is 0.455 e. The standard InChI is InChI=1S/C12H13BF5N3O/c1-3-20(2)8-4-10(13)19-5-9(8)21(7-22)6-11(14,15)12(16,17)18/h4-5,7H,3,6H2,1-2H3. The van der Waals surface area contributed by atoms with E-state index in [0.717, 1.165) is 6.20 Å². The first-order valence-corrected chi connectivity index (χ1v) is 6.16. The van der Waals surface area contributed by atoms with E-state index in [1.54, 1.807) is 14.0 Å². The highest BCUT2D eigenvalue weighted by molar-refractivity contribution is 6.31. The number of anilines is 2. The molecule has 10 heteroatoms. The zero-order valence-corrected chi connectivity index (χ0v) is 11.9. The number of halogens is 5. The third-order valence-corrected chi connectivity index (χ3v) is 2.99. The first-order chi connectivity index (χ1) is 10.0. The predicted molar refractivity (Wildman–Crippen MR) is 73.0 cm³/mol. The molecule has 1 rings (SSSR count). The molecule has 4 nitrogen and oxygen atoms in total. The van der Waals surface area contributed by atoms with Crippen molar-refractivity contribution in [2.45, 2.75) is 19.0 Å². The van der Waals surface area contributed by atoms with Crippen molar-refractivity contribution < 1.29 is 26.7 Å². The lowest BCUT2D eigenvalue weighted by Gasteiger charge is -2.29. The second kappa shape index (κ2) is 6.49. The highest BCUT2D eigenvalue weighted by atomic mass is 19.4. The van der Waals surface area contributed by atoms with Crippen molar-refractivity contribution in [2.24, 2.45) is 0 Å². The quantitative estimate of drug-likeness (QED) is 0.453. The van der Waals surface area contributed by atoms with Crippen LogP contribution in [0.15, 0.2) is 12.3 Å². The molecule has 1 aromatic rings. The summed E-state index contributed by atoms with van der Waals surface area (Å²) in [6.07, 6.45) is -4.87. The summed E-state index contributed by atoms with van der Waals surface area (Å²) >= 11 is 0. The molecule has 0 bridgehead atoms. The molecular formula is C12H13BF5N3O. The fourth-order valence-corrected chi connectivity index (χ4v) is 1.63. The van der Waals surface area contributed by atoms with Gasteiger partial charge in [0.15, 0.2) is 0 Å². The van der Waals surface area contributed by atoms with E-state index in [1.165, 1.54) is 11.0 Å². The van der Waals surface area contributed by atoms with Gasteiger partial charge >= 0.3 is 12.1 Å². The minimum atomic E-state index is -5.76. The number of nitrogens with zero attached hydrogens (tertiary/aromatic N) is 3. The van der Waals surface area contributed by atoms with Gasteiger partial charge in [0.1, 0.15) is 7.85 Å². The molecular weight excluding hydrogens is 308 g/mol. The lowest BCUT2D eigenvalue weighted by atomic mass is 10.0. The smallest absolute Gasteiger partial charge is 0.373 e. The van der Waals surface area contributed by atoms with Gasteiger partial charge in [-0.3, -0.25) is 9.78 Å². The van der Waals surface area contributed by atoms with Crippen LogP contribution in [0, 0.1) is 0 Å². The van der Waals surface area contributed by atoms with Crippen LogP contribution in [-0.2, 0) is 4.79 Å². The van der Waals surface area contributed by atoms with Crippen LogP contribution in [0.2, 0.25) is 0 Å². The number of rotatable bonds is 6. The van der Waals surface area contributed by atoms with Crippen LogP contribution in [0.25, 0.3) is 0 Å². The molecule has 0 aliphatic heterocycles. The van der Waals surface area contributed by atoms with Crippen LogP contribution >= 0.6 is 0 Å². The Labute approximate surface area is 125 Å². The molecule has 2 radical (unpaired) electrons. The maximum atomic E-state index is 13.2.